The van der Waals surface area contributed by atoms with Gasteiger partial charge in [0.25, 0.3) is 5.91 Å². The normalized spacial score (nSPS) is 21.0. The van der Waals surface area contributed by atoms with Gasteiger partial charge in [0.15, 0.2) is 0 Å². The van der Waals surface area contributed by atoms with E-state index in [2.05, 4.69) is 32.7 Å². The number of carbonyl (C=O) groups is 2. The standard InChI is InChI=1S/C19H31N3O2/c1-15-8-9-17(23)22(15)12-7-5-6-11-20-18(24)21-13-10-16(14-21)19(2,3)4/h8-9,16H,1,5-7,10-14H2,2-4H3,(H,20,24)/t16-/m1/s1. The Kier molecular flexibility index (Phi) is 6.08. The molecule has 1 atom stereocenters. The van der Waals surface area contributed by atoms with Crippen LogP contribution < -0.4 is 5.32 Å². The van der Waals surface area contributed by atoms with Gasteiger partial charge in [-0.2, -0.15) is 0 Å². The average molecular weight is 333 g/mol. The van der Waals surface area contributed by atoms with Crippen molar-refractivity contribution < 1.29 is 9.59 Å². The van der Waals surface area contributed by atoms with Crippen molar-refractivity contribution in [3.05, 3.63) is 24.4 Å². The molecule has 1 N–H and O–H groups in total. The highest BCUT2D eigenvalue weighted by molar-refractivity contribution is 5.92. The van der Waals surface area contributed by atoms with Crippen molar-refractivity contribution >= 4 is 11.9 Å². The maximum absolute atomic E-state index is 12.2. The first-order valence-corrected chi connectivity index (χ1v) is 9.00. The van der Waals surface area contributed by atoms with E-state index in [0.29, 0.717) is 19.0 Å². The van der Waals surface area contributed by atoms with E-state index >= 15 is 0 Å². The molecule has 1 saturated heterocycles. The van der Waals surface area contributed by atoms with Crippen LogP contribution in [0.1, 0.15) is 46.5 Å². The molecule has 0 spiro atoms. The summed E-state index contributed by atoms with van der Waals surface area (Å²) >= 11 is 0. The van der Waals surface area contributed by atoms with Crippen LogP contribution in [0.15, 0.2) is 24.4 Å². The minimum atomic E-state index is 0.0238. The van der Waals surface area contributed by atoms with Crippen LogP contribution in [-0.2, 0) is 4.79 Å². The van der Waals surface area contributed by atoms with Gasteiger partial charge in [0.2, 0.25) is 0 Å². The van der Waals surface area contributed by atoms with Crippen LogP contribution in [0.2, 0.25) is 0 Å². The minimum absolute atomic E-state index is 0.0238. The summed E-state index contributed by atoms with van der Waals surface area (Å²) in [6.45, 7) is 13.7. The zero-order chi connectivity index (χ0) is 17.7. The number of nitrogens with zero attached hydrogens (tertiary/aromatic N) is 2. The Morgan fingerprint density at radius 3 is 2.62 bits per heavy atom. The van der Waals surface area contributed by atoms with E-state index in [0.717, 1.165) is 44.5 Å². The highest BCUT2D eigenvalue weighted by Crippen LogP contribution is 2.33. The summed E-state index contributed by atoms with van der Waals surface area (Å²) in [7, 11) is 0. The molecule has 0 aliphatic carbocycles. The first-order chi connectivity index (χ1) is 11.3. The number of nitrogens with one attached hydrogen (secondary N) is 1. The molecule has 2 heterocycles. The number of allylic oxidation sites excluding steroid dienone is 1. The lowest BCUT2D eigenvalue weighted by atomic mass is 9.80. The summed E-state index contributed by atoms with van der Waals surface area (Å²) in [5, 5.41) is 3.02. The third-order valence-electron chi connectivity index (χ3n) is 5.07. The van der Waals surface area contributed by atoms with Crippen molar-refractivity contribution in [2.75, 3.05) is 26.2 Å². The SMILES string of the molecule is C=C1C=CC(=O)N1CCCCCNC(=O)N1CC[C@@H](C(C)(C)C)C1. The third-order valence-corrected chi connectivity index (χ3v) is 5.07. The molecule has 5 nitrogen and oxygen atoms in total. The van der Waals surface area contributed by atoms with Gasteiger partial charge in [-0.1, -0.05) is 27.4 Å². The molecule has 2 rings (SSSR count). The van der Waals surface area contributed by atoms with E-state index < -0.39 is 0 Å². The van der Waals surface area contributed by atoms with Gasteiger partial charge in [0.1, 0.15) is 0 Å². The van der Waals surface area contributed by atoms with Gasteiger partial charge in [0, 0.05) is 38.0 Å². The fourth-order valence-corrected chi connectivity index (χ4v) is 3.27. The van der Waals surface area contributed by atoms with Gasteiger partial charge < -0.3 is 15.1 Å². The molecule has 2 aliphatic rings. The molecular formula is C19H31N3O2. The predicted octanol–water partition coefficient (Wildman–Crippen LogP) is 3.15. The molecule has 5 heteroatoms. The number of carbonyl (C=O) groups excluding carboxylic acids is 2. The van der Waals surface area contributed by atoms with Gasteiger partial charge in [-0.3, -0.25) is 4.79 Å². The molecular weight excluding hydrogens is 302 g/mol. The van der Waals surface area contributed by atoms with E-state index in [-0.39, 0.29) is 17.4 Å². The van der Waals surface area contributed by atoms with Gasteiger partial charge in [-0.05, 0) is 43.1 Å². The number of urea groups is 1. The largest absolute Gasteiger partial charge is 0.338 e. The lowest BCUT2D eigenvalue weighted by molar-refractivity contribution is -0.123. The molecule has 1 fully saturated rings. The van der Waals surface area contributed by atoms with Crippen LogP contribution in [0.5, 0.6) is 0 Å². The highest BCUT2D eigenvalue weighted by Gasteiger charge is 2.33. The molecule has 0 aromatic carbocycles. The number of hydrogen-bond acceptors (Lipinski definition) is 2. The van der Waals surface area contributed by atoms with Crippen molar-refractivity contribution in [2.24, 2.45) is 11.3 Å². The lowest BCUT2D eigenvalue weighted by Gasteiger charge is -2.27. The molecule has 3 amide bonds. The van der Waals surface area contributed by atoms with Crippen LogP contribution in [0, 0.1) is 11.3 Å². The lowest BCUT2D eigenvalue weighted by Crippen LogP contribution is -2.39. The van der Waals surface area contributed by atoms with Crippen LogP contribution in [0.25, 0.3) is 0 Å². The maximum atomic E-state index is 12.2. The van der Waals surface area contributed by atoms with E-state index in [1.165, 1.54) is 0 Å². The predicted molar refractivity (Wildman–Crippen MR) is 96.4 cm³/mol. The molecule has 24 heavy (non-hydrogen) atoms. The van der Waals surface area contributed by atoms with Crippen LogP contribution in [-0.4, -0.2) is 47.9 Å². The Morgan fingerprint density at radius 2 is 2.04 bits per heavy atom. The molecule has 134 valence electrons. The second kappa shape index (κ2) is 7.86. The molecule has 2 aliphatic heterocycles. The second-order valence-corrected chi connectivity index (χ2v) is 7.90. The Labute approximate surface area is 145 Å². The fraction of sp³-hybridized carbons (Fsp3) is 0.684. The van der Waals surface area contributed by atoms with E-state index in [1.807, 2.05) is 4.90 Å². The molecule has 0 aromatic rings. The van der Waals surface area contributed by atoms with Gasteiger partial charge in [-0.25, -0.2) is 4.79 Å². The number of amides is 3. The monoisotopic (exact) mass is 333 g/mol. The quantitative estimate of drug-likeness (QED) is 0.759. The Balaban J connectivity index is 1.56. The molecule has 0 unspecified atom stereocenters. The summed E-state index contributed by atoms with van der Waals surface area (Å²) in [6, 6.07) is 0.0639. The van der Waals surface area contributed by atoms with Crippen molar-refractivity contribution in [3.63, 3.8) is 0 Å². The van der Waals surface area contributed by atoms with Crippen LogP contribution in [0.3, 0.4) is 0 Å². The minimum Gasteiger partial charge on any atom is -0.338 e. The zero-order valence-corrected chi connectivity index (χ0v) is 15.3. The van der Waals surface area contributed by atoms with Gasteiger partial charge in [-0.15, -0.1) is 0 Å². The van der Waals surface area contributed by atoms with E-state index in [1.54, 1.807) is 17.1 Å². The zero-order valence-electron chi connectivity index (χ0n) is 15.3. The molecule has 0 saturated carbocycles. The molecule has 0 bridgehead atoms. The summed E-state index contributed by atoms with van der Waals surface area (Å²) in [5.74, 6) is 0.610. The summed E-state index contributed by atoms with van der Waals surface area (Å²) < 4.78 is 0. The first-order valence-electron chi connectivity index (χ1n) is 9.00. The second-order valence-electron chi connectivity index (χ2n) is 7.90. The highest BCUT2D eigenvalue weighted by atomic mass is 16.2. The summed E-state index contributed by atoms with van der Waals surface area (Å²) in [5.41, 5.74) is 1.04. The number of unbranched alkanes of at least 4 members (excludes halogenated alkanes) is 2. The smallest absolute Gasteiger partial charge is 0.317 e. The van der Waals surface area contributed by atoms with Gasteiger partial charge in [0.05, 0.1) is 0 Å². The fourth-order valence-electron chi connectivity index (χ4n) is 3.27. The van der Waals surface area contributed by atoms with Gasteiger partial charge >= 0.3 is 6.03 Å². The van der Waals surface area contributed by atoms with E-state index in [9.17, 15) is 9.59 Å². The Hall–Kier alpha value is -1.78. The van der Waals surface area contributed by atoms with Crippen LogP contribution >= 0.6 is 0 Å². The number of rotatable bonds is 6. The molecule has 0 aromatic heterocycles. The van der Waals surface area contributed by atoms with Crippen molar-refractivity contribution in [1.82, 2.24) is 15.1 Å². The van der Waals surface area contributed by atoms with Crippen molar-refractivity contribution in [3.8, 4) is 0 Å². The Morgan fingerprint density at radius 1 is 1.29 bits per heavy atom. The number of likely N-dealkylation sites (tertiary alicyclic amines) is 1. The van der Waals surface area contributed by atoms with E-state index in [4.69, 9.17) is 0 Å². The first kappa shape index (κ1) is 18.6. The van der Waals surface area contributed by atoms with Crippen molar-refractivity contribution in [2.45, 2.75) is 46.5 Å². The Bertz CT molecular complexity index is 501. The summed E-state index contributed by atoms with van der Waals surface area (Å²) in [4.78, 5) is 27.4. The van der Waals surface area contributed by atoms with Crippen LogP contribution in [0.4, 0.5) is 4.79 Å². The molecule has 0 radical (unpaired) electrons. The summed E-state index contributed by atoms with van der Waals surface area (Å²) in [6.07, 6.45) is 7.26. The van der Waals surface area contributed by atoms with Crippen molar-refractivity contribution in [1.29, 1.82) is 0 Å². The maximum Gasteiger partial charge on any atom is 0.317 e. The average Bonchev–Trinajstić information content (AvgIpc) is 3.11. The number of hydrogen-bond donors (Lipinski definition) is 1. The topological polar surface area (TPSA) is 52.7 Å². The third kappa shape index (κ3) is 4.86.